The third-order valence-electron chi connectivity index (χ3n) is 3.70. The summed E-state index contributed by atoms with van der Waals surface area (Å²) in [5.41, 5.74) is 8.83. The topological polar surface area (TPSA) is 35.8 Å². The van der Waals surface area contributed by atoms with E-state index in [9.17, 15) is 0 Å². The molecule has 0 unspecified atom stereocenters. The first-order chi connectivity index (χ1) is 11.4. The zero-order chi connectivity index (χ0) is 15.5. The minimum Gasteiger partial charge on any atom is -0.299 e. The van der Waals surface area contributed by atoms with Crippen molar-refractivity contribution in [2.45, 2.75) is 6.54 Å². The van der Waals surface area contributed by atoms with Gasteiger partial charge in [0.25, 0.3) is 0 Å². The van der Waals surface area contributed by atoms with E-state index in [0.717, 1.165) is 16.7 Å². The van der Waals surface area contributed by atoms with E-state index in [0.29, 0.717) is 6.54 Å². The summed E-state index contributed by atoms with van der Waals surface area (Å²) in [5.74, 6) is 0. The Hall–Kier alpha value is -3.14. The zero-order valence-corrected chi connectivity index (χ0v) is 12.6. The molecule has 4 heteroatoms. The lowest BCUT2D eigenvalue weighted by Gasteiger charge is -2.14. The zero-order valence-electron chi connectivity index (χ0n) is 12.6. The molecule has 4 aromatic rings. The van der Waals surface area contributed by atoms with Gasteiger partial charge in [0.05, 0.1) is 0 Å². The van der Waals surface area contributed by atoms with Crippen molar-refractivity contribution in [3.63, 3.8) is 0 Å². The molecule has 0 N–H and O–H groups in total. The van der Waals surface area contributed by atoms with E-state index in [2.05, 4.69) is 17.2 Å². The highest BCUT2D eigenvalue weighted by molar-refractivity contribution is 5.70. The second-order valence-electron chi connectivity index (χ2n) is 5.29. The van der Waals surface area contributed by atoms with E-state index in [-0.39, 0.29) is 0 Å². The Morgan fingerprint density at radius 3 is 2.22 bits per heavy atom. The van der Waals surface area contributed by atoms with Crippen LogP contribution < -0.4 is 4.79 Å². The Kier molecular flexibility index (Phi) is 3.48. The van der Waals surface area contributed by atoms with Gasteiger partial charge in [-0.25, -0.2) is 0 Å². The maximum absolute atomic E-state index is 4.76. The molecule has 1 aromatic heterocycles. The second-order valence-corrected chi connectivity index (χ2v) is 5.29. The smallest absolute Gasteiger partial charge is 0.226 e. The molecule has 0 fully saturated rings. The molecule has 3 aromatic carbocycles. The Labute approximate surface area is 134 Å². The van der Waals surface area contributed by atoms with Crippen molar-refractivity contribution in [2.24, 2.45) is 0 Å². The molecular formula is C19H16N4. The van der Waals surface area contributed by atoms with Crippen molar-refractivity contribution < 1.29 is 4.79 Å². The van der Waals surface area contributed by atoms with Gasteiger partial charge in [0.2, 0.25) is 5.52 Å². The molecule has 112 valence electrons. The summed E-state index contributed by atoms with van der Waals surface area (Å²) in [6, 6.07) is 28.3. The summed E-state index contributed by atoms with van der Waals surface area (Å²) in [4.78, 5) is 3.71. The van der Waals surface area contributed by atoms with Gasteiger partial charge >= 0.3 is 0 Å². The number of benzene rings is 3. The summed E-state index contributed by atoms with van der Waals surface area (Å²) in [5, 5.41) is 4.68. The van der Waals surface area contributed by atoms with Crippen LogP contribution in [0.2, 0.25) is 0 Å². The molecule has 0 saturated carbocycles. The van der Waals surface area contributed by atoms with Crippen molar-refractivity contribution in [1.82, 2.24) is 9.90 Å². The molecule has 0 radical (unpaired) electrons. The number of rotatable bonds is 4. The van der Waals surface area contributed by atoms with Gasteiger partial charge in [-0.3, -0.25) is 5.43 Å². The normalized spacial score (nSPS) is 10.8. The van der Waals surface area contributed by atoms with Gasteiger partial charge in [0.15, 0.2) is 5.52 Å². The van der Waals surface area contributed by atoms with Crippen molar-refractivity contribution >= 4 is 11.0 Å². The lowest BCUT2D eigenvalue weighted by atomic mass is 10.2. The van der Waals surface area contributed by atoms with E-state index in [4.69, 9.17) is 5.43 Å². The van der Waals surface area contributed by atoms with Gasteiger partial charge < -0.3 is 0 Å². The number of hydrogen-bond donors (Lipinski definition) is 0. The molecule has 0 aliphatic rings. The van der Waals surface area contributed by atoms with E-state index in [1.54, 1.807) is 0 Å². The van der Waals surface area contributed by atoms with E-state index in [1.807, 2.05) is 82.4 Å². The van der Waals surface area contributed by atoms with Crippen molar-refractivity contribution in [1.29, 1.82) is 0 Å². The van der Waals surface area contributed by atoms with E-state index >= 15 is 0 Å². The van der Waals surface area contributed by atoms with Crippen LogP contribution >= 0.6 is 0 Å². The first-order valence-electron chi connectivity index (χ1n) is 7.59. The maximum atomic E-state index is 4.76. The molecule has 0 saturated heterocycles. The third-order valence-corrected chi connectivity index (χ3v) is 3.70. The van der Waals surface area contributed by atoms with Gasteiger partial charge in [0.1, 0.15) is 0 Å². The minimum atomic E-state index is 0.605. The molecule has 1 heterocycles. The molecule has 4 nitrogen and oxygen atoms in total. The van der Waals surface area contributed by atoms with Crippen LogP contribution in [-0.2, 0) is 6.54 Å². The predicted molar refractivity (Wildman–Crippen MR) is 90.2 cm³/mol. The standard InChI is InChI=1S/C19H16N4/c1-3-9-16(10-4-1)15-20-23-19-14-8-7-13-18(19)21-22(23)17-11-5-2-6-12-17/h1-14H,15H2. The molecule has 23 heavy (non-hydrogen) atoms. The van der Waals surface area contributed by atoms with Crippen LogP contribution in [0.4, 0.5) is 0 Å². The first kappa shape index (κ1) is 13.5. The highest BCUT2D eigenvalue weighted by atomic mass is 15.7. The average Bonchev–Trinajstić information content (AvgIpc) is 3.00. The highest BCUT2D eigenvalue weighted by Gasteiger charge is 2.12. The molecule has 0 spiro atoms. The van der Waals surface area contributed by atoms with Crippen LogP contribution in [0, 0.1) is 0 Å². The second kappa shape index (κ2) is 5.93. The van der Waals surface area contributed by atoms with Gasteiger partial charge in [-0.05, 0) is 22.8 Å². The van der Waals surface area contributed by atoms with Gasteiger partial charge in [0, 0.05) is 12.2 Å². The number of para-hydroxylation sites is 2. The van der Waals surface area contributed by atoms with Crippen molar-refractivity contribution in [3.8, 4) is 5.69 Å². The SMILES string of the molecule is c1ccc(C[N-][n+]2c3ccccc3nn2-c2ccccc2)cc1. The summed E-state index contributed by atoms with van der Waals surface area (Å²) in [7, 11) is 0. The number of nitrogens with zero attached hydrogens (tertiary/aromatic N) is 4. The van der Waals surface area contributed by atoms with Gasteiger partial charge in [-0.1, -0.05) is 72.8 Å². The van der Waals surface area contributed by atoms with Crippen LogP contribution in [0.15, 0.2) is 84.9 Å². The Morgan fingerprint density at radius 2 is 1.43 bits per heavy atom. The van der Waals surface area contributed by atoms with Crippen molar-refractivity contribution in [2.75, 3.05) is 0 Å². The maximum Gasteiger partial charge on any atom is 0.226 e. The predicted octanol–water partition coefficient (Wildman–Crippen LogP) is 3.65. The first-order valence-corrected chi connectivity index (χ1v) is 7.59. The molecule has 0 amide bonds. The summed E-state index contributed by atoms with van der Waals surface area (Å²) in [6.45, 7) is 0.605. The van der Waals surface area contributed by atoms with Crippen LogP contribution in [-0.4, -0.2) is 9.90 Å². The summed E-state index contributed by atoms with van der Waals surface area (Å²) >= 11 is 0. The molecular weight excluding hydrogens is 284 g/mol. The molecule has 0 atom stereocenters. The van der Waals surface area contributed by atoms with Gasteiger partial charge in [-0.2, -0.15) is 4.79 Å². The monoisotopic (exact) mass is 300 g/mol. The fourth-order valence-electron chi connectivity index (χ4n) is 2.56. The Bertz CT molecular complexity index is 914. The average molecular weight is 300 g/mol. The number of aromatic nitrogens is 3. The van der Waals surface area contributed by atoms with Crippen LogP contribution in [0.3, 0.4) is 0 Å². The summed E-state index contributed by atoms with van der Waals surface area (Å²) in [6.07, 6.45) is 0. The van der Waals surface area contributed by atoms with E-state index in [1.165, 1.54) is 5.56 Å². The van der Waals surface area contributed by atoms with E-state index < -0.39 is 0 Å². The van der Waals surface area contributed by atoms with Crippen LogP contribution in [0.25, 0.3) is 22.1 Å². The van der Waals surface area contributed by atoms with Crippen LogP contribution in [0.1, 0.15) is 5.56 Å². The Balaban J connectivity index is 1.77. The molecule has 0 bridgehead atoms. The molecule has 0 aliphatic heterocycles. The summed E-state index contributed by atoms with van der Waals surface area (Å²) < 4.78 is 0. The lowest BCUT2D eigenvalue weighted by Crippen LogP contribution is -2.39. The number of fused-ring (bicyclic) bond motifs is 1. The van der Waals surface area contributed by atoms with Gasteiger partial charge in [-0.15, -0.1) is 4.80 Å². The van der Waals surface area contributed by atoms with Crippen LogP contribution in [0.5, 0.6) is 0 Å². The Morgan fingerprint density at radius 1 is 0.783 bits per heavy atom. The third kappa shape index (κ3) is 2.66. The largest absolute Gasteiger partial charge is 0.299 e. The lowest BCUT2D eigenvalue weighted by molar-refractivity contribution is -0.683. The molecule has 4 rings (SSSR count). The quantitative estimate of drug-likeness (QED) is 0.530. The fourth-order valence-corrected chi connectivity index (χ4v) is 2.56. The molecule has 0 aliphatic carbocycles. The number of hydrogen-bond acceptors (Lipinski definition) is 1. The highest BCUT2D eigenvalue weighted by Crippen LogP contribution is 2.13. The minimum absolute atomic E-state index is 0.605. The van der Waals surface area contributed by atoms with Crippen molar-refractivity contribution in [3.05, 3.63) is 95.9 Å². The fraction of sp³-hybridized carbons (Fsp3) is 0.0526.